The number of nitrogens with zero attached hydrogens (tertiary/aromatic N) is 4. The van der Waals surface area contributed by atoms with Crippen LogP contribution in [-0.4, -0.2) is 42.8 Å². The zero-order valence-electron chi connectivity index (χ0n) is 14.3. The highest BCUT2D eigenvalue weighted by Crippen LogP contribution is 2.32. The number of guanidine groups is 1. The Morgan fingerprint density at radius 1 is 1.33 bits per heavy atom. The molecule has 6 heteroatoms. The maximum absolute atomic E-state index is 4.58. The lowest BCUT2D eigenvalue weighted by atomic mass is 10.2. The van der Waals surface area contributed by atoms with Crippen molar-refractivity contribution in [3.8, 4) is 0 Å². The molecule has 1 heterocycles. The van der Waals surface area contributed by atoms with Crippen molar-refractivity contribution in [2.24, 2.45) is 26.8 Å². The molecule has 0 amide bonds. The van der Waals surface area contributed by atoms with E-state index in [1.54, 1.807) is 6.20 Å². The first-order chi connectivity index (χ1) is 11.8. The molecule has 0 bridgehead atoms. The van der Waals surface area contributed by atoms with Gasteiger partial charge in [-0.2, -0.15) is 4.99 Å². The van der Waals surface area contributed by atoms with Crippen molar-refractivity contribution in [1.82, 2.24) is 15.6 Å². The van der Waals surface area contributed by atoms with E-state index < -0.39 is 0 Å². The monoisotopic (exact) mass is 326 g/mol. The predicted molar refractivity (Wildman–Crippen MR) is 98.7 cm³/mol. The number of aromatic nitrogens is 1. The van der Waals surface area contributed by atoms with Crippen molar-refractivity contribution in [3.05, 3.63) is 30.1 Å². The van der Waals surface area contributed by atoms with E-state index in [1.807, 2.05) is 18.2 Å². The molecule has 2 fully saturated rings. The number of amidine groups is 1. The number of nitrogens with one attached hydrogen (secondary N) is 2. The molecule has 1 unspecified atom stereocenters. The highest BCUT2D eigenvalue weighted by Gasteiger charge is 2.28. The van der Waals surface area contributed by atoms with Crippen LogP contribution in [0.25, 0.3) is 0 Å². The number of hydrogen-bond acceptors (Lipinski definition) is 3. The Hall–Kier alpha value is -2.08. The van der Waals surface area contributed by atoms with E-state index >= 15 is 0 Å². The summed E-state index contributed by atoms with van der Waals surface area (Å²) in [4.78, 5) is 17.5. The summed E-state index contributed by atoms with van der Waals surface area (Å²) in [6, 6.07) is 6.03. The van der Waals surface area contributed by atoms with E-state index in [-0.39, 0.29) is 0 Å². The first-order valence-corrected chi connectivity index (χ1v) is 8.75. The molecule has 3 rings (SSSR count). The summed E-state index contributed by atoms with van der Waals surface area (Å²) < 4.78 is 0. The Labute approximate surface area is 143 Å². The maximum atomic E-state index is 4.58. The Bertz CT molecular complexity index is 601. The first-order valence-electron chi connectivity index (χ1n) is 8.75. The van der Waals surface area contributed by atoms with Crippen molar-refractivity contribution < 1.29 is 0 Å². The van der Waals surface area contributed by atoms with E-state index in [9.17, 15) is 0 Å². The van der Waals surface area contributed by atoms with E-state index in [0.717, 1.165) is 18.4 Å². The molecular formula is C18H26N6. The second-order valence-corrected chi connectivity index (χ2v) is 6.62. The average molecular weight is 326 g/mol. The van der Waals surface area contributed by atoms with Gasteiger partial charge < -0.3 is 5.32 Å². The predicted octanol–water partition coefficient (Wildman–Crippen LogP) is 2.23. The van der Waals surface area contributed by atoms with Crippen LogP contribution in [0.5, 0.6) is 0 Å². The third-order valence-corrected chi connectivity index (χ3v) is 4.41. The van der Waals surface area contributed by atoms with E-state index in [0.29, 0.717) is 30.2 Å². The second kappa shape index (κ2) is 8.15. The summed E-state index contributed by atoms with van der Waals surface area (Å²) in [7, 11) is 0. The minimum atomic E-state index is 0.366. The fourth-order valence-corrected chi connectivity index (χ4v) is 2.52. The van der Waals surface area contributed by atoms with Crippen LogP contribution < -0.4 is 10.6 Å². The van der Waals surface area contributed by atoms with Gasteiger partial charge in [0.25, 0.3) is 0 Å². The van der Waals surface area contributed by atoms with Crippen LogP contribution >= 0.6 is 0 Å². The van der Waals surface area contributed by atoms with Gasteiger partial charge in [-0.05, 0) is 69.8 Å². The Morgan fingerprint density at radius 3 is 2.79 bits per heavy atom. The lowest BCUT2D eigenvalue weighted by molar-refractivity contribution is 0.580. The molecule has 0 radical (unpaired) electrons. The van der Waals surface area contributed by atoms with E-state index in [2.05, 4.69) is 44.2 Å². The van der Waals surface area contributed by atoms with Gasteiger partial charge in [0.1, 0.15) is 5.69 Å². The van der Waals surface area contributed by atoms with Crippen molar-refractivity contribution in [3.63, 3.8) is 0 Å². The summed E-state index contributed by atoms with van der Waals surface area (Å²) in [5.41, 5.74) is 0.701. The van der Waals surface area contributed by atoms with Gasteiger partial charge >= 0.3 is 0 Å². The standard InChI is InChI=1S/C18H26N6/c1-13(15-8-9-15)23-18(22-12-20-11-14-6-7-14)24-17(19-2)16-5-3-4-10-21-16/h3-5,10,13-15,20H,2,6-9,11-12H2,1H3,(H,22,23). The van der Waals surface area contributed by atoms with Crippen molar-refractivity contribution in [2.75, 3.05) is 13.2 Å². The summed E-state index contributed by atoms with van der Waals surface area (Å²) in [5, 5.41) is 6.79. The molecule has 0 aliphatic heterocycles. The number of hydrogen-bond donors (Lipinski definition) is 2. The lowest BCUT2D eigenvalue weighted by Crippen LogP contribution is -2.34. The van der Waals surface area contributed by atoms with Crippen LogP contribution in [0.1, 0.15) is 38.3 Å². The molecule has 6 nitrogen and oxygen atoms in total. The summed E-state index contributed by atoms with van der Waals surface area (Å²) >= 11 is 0. The molecule has 128 valence electrons. The van der Waals surface area contributed by atoms with E-state index in [1.165, 1.54) is 25.7 Å². The quantitative estimate of drug-likeness (QED) is 0.458. The van der Waals surface area contributed by atoms with Gasteiger partial charge in [-0.15, -0.1) is 0 Å². The zero-order chi connectivity index (χ0) is 16.8. The van der Waals surface area contributed by atoms with Gasteiger partial charge in [-0.3, -0.25) is 10.3 Å². The van der Waals surface area contributed by atoms with Crippen LogP contribution in [0, 0.1) is 11.8 Å². The largest absolute Gasteiger partial charge is 0.352 e. The molecule has 1 aromatic heterocycles. The van der Waals surface area contributed by atoms with Gasteiger partial charge in [0.2, 0.25) is 5.96 Å². The molecule has 2 N–H and O–H groups in total. The minimum absolute atomic E-state index is 0.366. The molecule has 0 spiro atoms. The molecule has 2 aliphatic rings. The number of pyridine rings is 1. The molecule has 2 saturated carbocycles. The van der Waals surface area contributed by atoms with Gasteiger partial charge in [0.15, 0.2) is 5.84 Å². The summed E-state index contributed by atoms with van der Waals surface area (Å²) in [6.07, 6.45) is 6.95. The third kappa shape index (κ3) is 5.23. The molecule has 1 aromatic rings. The summed E-state index contributed by atoms with van der Waals surface area (Å²) in [5.74, 6) is 2.65. The topological polar surface area (TPSA) is 74.0 Å². The SMILES string of the molecule is C=NC(=NC(=NCNCC1CC1)NC(C)C1CC1)c1ccccn1. The maximum Gasteiger partial charge on any atom is 0.221 e. The van der Waals surface area contributed by atoms with Gasteiger partial charge in [0.05, 0.1) is 6.67 Å². The van der Waals surface area contributed by atoms with Crippen molar-refractivity contribution in [2.45, 2.75) is 38.6 Å². The van der Waals surface area contributed by atoms with Crippen LogP contribution in [0.15, 0.2) is 39.4 Å². The van der Waals surface area contributed by atoms with Crippen molar-refractivity contribution >= 4 is 18.5 Å². The Morgan fingerprint density at radius 2 is 2.17 bits per heavy atom. The van der Waals surface area contributed by atoms with Gasteiger partial charge in [-0.1, -0.05) is 6.07 Å². The van der Waals surface area contributed by atoms with E-state index in [4.69, 9.17) is 0 Å². The van der Waals surface area contributed by atoms with Crippen LogP contribution in [0.4, 0.5) is 0 Å². The molecular weight excluding hydrogens is 300 g/mol. The zero-order valence-corrected chi connectivity index (χ0v) is 14.3. The molecule has 2 aliphatic carbocycles. The first kappa shape index (κ1) is 16.8. The van der Waals surface area contributed by atoms with Gasteiger partial charge in [0, 0.05) is 12.2 Å². The average Bonchev–Trinajstić information content (AvgIpc) is 3.49. The second-order valence-electron chi connectivity index (χ2n) is 6.62. The lowest BCUT2D eigenvalue weighted by Gasteiger charge is -2.14. The Kier molecular flexibility index (Phi) is 5.69. The van der Waals surface area contributed by atoms with Crippen molar-refractivity contribution in [1.29, 1.82) is 0 Å². The molecule has 24 heavy (non-hydrogen) atoms. The molecule has 0 saturated heterocycles. The number of aliphatic imine (C=N–C) groups is 3. The normalized spacial score (nSPS) is 19.9. The molecule has 0 aromatic carbocycles. The Balaban J connectivity index is 1.69. The third-order valence-electron chi connectivity index (χ3n) is 4.41. The summed E-state index contributed by atoms with van der Waals surface area (Å²) in [6.45, 7) is 7.40. The highest BCUT2D eigenvalue weighted by molar-refractivity contribution is 6.06. The smallest absolute Gasteiger partial charge is 0.221 e. The van der Waals surface area contributed by atoms with Gasteiger partial charge in [-0.25, -0.2) is 9.98 Å². The minimum Gasteiger partial charge on any atom is -0.352 e. The van der Waals surface area contributed by atoms with Crippen LogP contribution in [-0.2, 0) is 0 Å². The fraction of sp³-hybridized carbons (Fsp3) is 0.556. The number of rotatable bonds is 7. The highest BCUT2D eigenvalue weighted by atomic mass is 15.2. The fourth-order valence-electron chi connectivity index (χ4n) is 2.52. The van der Waals surface area contributed by atoms with Crippen LogP contribution in [0.3, 0.4) is 0 Å². The molecule has 1 atom stereocenters. The van der Waals surface area contributed by atoms with Crippen LogP contribution in [0.2, 0.25) is 0 Å².